The van der Waals surface area contributed by atoms with E-state index < -0.39 is 5.79 Å². The van der Waals surface area contributed by atoms with Gasteiger partial charge in [0.2, 0.25) is 0 Å². The zero-order valence-corrected chi connectivity index (χ0v) is 7.62. The van der Waals surface area contributed by atoms with Crippen molar-refractivity contribution in [1.29, 1.82) is 0 Å². The van der Waals surface area contributed by atoms with Gasteiger partial charge in [-0.15, -0.1) is 0 Å². The maximum Gasteiger partial charge on any atom is 0.163 e. The molecule has 0 aromatic rings. The van der Waals surface area contributed by atoms with Crippen molar-refractivity contribution in [3.8, 4) is 0 Å². The van der Waals surface area contributed by atoms with E-state index in [1.807, 2.05) is 13.8 Å². The van der Waals surface area contributed by atoms with Crippen LogP contribution < -0.4 is 0 Å². The van der Waals surface area contributed by atoms with Gasteiger partial charge in [0, 0.05) is 0 Å². The molecule has 0 amide bonds. The van der Waals surface area contributed by atoms with Gasteiger partial charge in [-0.25, -0.2) is 0 Å². The lowest BCUT2D eigenvalue weighted by atomic mass is 9.92. The first-order valence-electron chi connectivity index (χ1n) is 4.62. The summed E-state index contributed by atoms with van der Waals surface area (Å²) in [4.78, 5) is 0. The first kappa shape index (κ1) is 8.48. The van der Waals surface area contributed by atoms with Crippen molar-refractivity contribution in [3.63, 3.8) is 0 Å². The minimum Gasteiger partial charge on any atom is -0.390 e. The zero-order chi connectivity index (χ0) is 8.77. The van der Waals surface area contributed by atoms with E-state index in [4.69, 9.17) is 9.47 Å². The standard InChI is InChI=1S/C9H16O3/c1-9(2)11-7-5-3-4-6(10)8(7)12-9/h6-8,10H,3-5H2,1-2H3. The normalized spacial score (nSPS) is 45.8. The van der Waals surface area contributed by atoms with Crippen LogP contribution in [-0.2, 0) is 9.47 Å². The van der Waals surface area contributed by atoms with Gasteiger partial charge in [-0.2, -0.15) is 0 Å². The fourth-order valence-corrected chi connectivity index (χ4v) is 2.10. The predicted molar refractivity (Wildman–Crippen MR) is 43.7 cm³/mol. The second-order valence-corrected chi connectivity index (χ2v) is 4.14. The van der Waals surface area contributed by atoms with Crippen molar-refractivity contribution in [2.45, 2.75) is 57.2 Å². The Hall–Kier alpha value is -0.120. The van der Waals surface area contributed by atoms with Crippen molar-refractivity contribution < 1.29 is 14.6 Å². The Morgan fingerprint density at radius 2 is 2.00 bits per heavy atom. The van der Waals surface area contributed by atoms with E-state index in [0.29, 0.717) is 0 Å². The Bertz CT molecular complexity index is 179. The summed E-state index contributed by atoms with van der Waals surface area (Å²) in [6.45, 7) is 3.80. The molecular formula is C9H16O3. The third kappa shape index (κ3) is 1.37. The molecule has 3 nitrogen and oxygen atoms in total. The quantitative estimate of drug-likeness (QED) is 0.593. The minimum absolute atomic E-state index is 0.0891. The van der Waals surface area contributed by atoms with Gasteiger partial charge in [0.15, 0.2) is 5.79 Å². The largest absolute Gasteiger partial charge is 0.390 e. The fraction of sp³-hybridized carbons (Fsp3) is 1.00. The summed E-state index contributed by atoms with van der Waals surface area (Å²) >= 11 is 0. The van der Waals surface area contributed by atoms with Gasteiger partial charge >= 0.3 is 0 Å². The van der Waals surface area contributed by atoms with E-state index in [0.717, 1.165) is 19.3 Å². The van der Waals surface area contributed by atoms with Gasteiger partial charge in [0.1, 0.15) is 6.10 Å². The Morgan fingerprint density at radius 3 is 2.67 bits per heavy atom. The fourth-order valence-electron chi connectivity index (χ4n) is 2.10. The molecular weight excluding hydrogens is 156 g/mol. The molecule has 1 aliphatic carbocycles. The molecule has 1 saturated carbocycles. The highest BCUT2D eigenvalue weighted by Crippen LogP contribution is 2.36. The van der Waals surface area contributed by atoms with Gasteiger partial charge < -0.3 is 14.6 Å². The van der Waals surface area contributed by atoms with E-state index >= 15 is 0 Å². The van der Waals surface area contributed by atoms with E-state index in [2.05, 4.69) is 0 Å². The number of ether oxygens (including phenoxy) is 2. The van der Waals surface area contributed by atoms with Crippen LogP contribution in [-0.4, -0.2) is 29.2 Å². The van der Waals surface area contributed by atoms with Crippen LogP contribution >= 0.6 is 0 Å². The summed E-state index contributed by atoms with van der Waals surface area (Å²) in [5.41, 5.74) is 0. The second-order valence-electron chi connectivity index (χ2n) is 4.14. The van der Waals surface area contributed by atoms with Gasteiger partial charge in [0.05, 0.1) is 12.2 Å². The smallest absolute Gasteiger partial charge is 0.163 e. The van der Waals surface area contributed by atoms with Crippen LogP contribution in [0.2, 0.25) is 0 Å². The van der Waals surface area contributed by atoms with Crippen LogP contribution in [0.5, 0.6) is 0 Å². The van der Waals surface area contributed by atoms with Crippen LogP contribution in [0.1, 0.15) is 33.1 Å². The highest BCUT2D eigenvalue weighted by molar-refractivity contribution is 4.89. The molecule has 0 bridgehead atoms. The van der Waals surface area contributed by atoms with Crippen molar-refractivity contribution in [2.24, 2.45) is 0 Å². The Labute approximate surface area is 72.7 Å². The minimum atomic E-state index is -0.499. The summed E-state index contributed by atoms with van der Waals surface area (Å²) in [5, 5.41) is 9.61. The molecule has 3 heteroatoms. The molecule has 3 unspecified atom stereocenters. The van der Waals surface area contributed by atoms with E-state index in [9.17, 15) is 5.11 Å². The average molecular weight is 172 g/mol. The van der Waals surface area contributed by atoms with Crippen molar-refractivity contribution in [2.75, 3.05) is 0 Å². The summed E-state index contributed by atoms with van der Waals surface area (Å²) < 4.78 is 11.2. The van der Waals surface area contributed by atoms with Gasteiger partial charge in [-0.1, -0.05) is 0 Å². The average Bonchev–Trinajstić information content (AvgIpc) is 2.25. The lowest BCUT2D eigenvalue weighted by Crippen LogP contribution is -2.38. The number of fused-ring (bicyclic) bond motifs is 1. The molecule has 0 aromatic heterocycles. The third-order valence-corrected chi connectivity index (χ3v) is 2.59. The molecule has 1 heterocycles. The molecule has 0 aromatic carbocycles. The first-order valence-corrected chi connectivity index (χ1v) is 4.62. The van der Waals surface area contributed by atoms with Gasteiger partial charge in [0.25, 0.3) is 0 Å². The molecule has 1 saturated heterocycles. The SMILES string of the molecule is CC1(C)OC2CCCC(O)C2O1. The van der Waals surface area contributed by atoms with E-state index in [1.54, 1.807) is 0 Å². The highest BCUT2D eigenvalue weighted by atomic mass is 16.8. The summed E-state index contributed by atoms with van der Waals surface area (Å²) in [6, 6.07) is 0. The van der Waals surface area contributed by atoms with Crippen LogP contribution in [0.25, 0.3) is 0 Å². The van der Waals surface area contributed by atoms with E-state index in [1.165, 1.54) is 0 Å². The number of aliphatic hydroxyl groups excluding tert-OH is 1. The number of hydrogen-bond acceptors (Lipinski definition) is 3. The molecule has 0 radical (unpaired) electrons. The molecule has 2 fully saturated rings. The topological polar surface area (TPSA) is 38.7 Å². The molecule has 2 rings (SSSR count). The molecule has 12 heavy (non-hydrogen) atoms. The molecule has 1 aliphatic heterocycles. The molecule has 2 aliphatic rings. The Kier molecular flexibility index (Phi) is 1.90. The molecule has 0 spiro atoms. The maximum absolute atomic E-state index is 9.61. The summed E-state index contributed by atoms with van der Waals surface area (Å²) in [6.07, 6.45) is 2.61. The summed E-state index contributed by atoms with van der Waals surface area (Å²) in [7, 11) is 0. The van der Waals surface area contributed by atoms with Crippen LogP contribution in [0, 0.1) is 0 Å². The van der Waals surface area contributed by atoms with Gasteiger partial charge in [-0.3, -0.25) is 0 Å². The number of hydrogen-bond donors (Lipinski definition) is 1. The lowest BCUT2D eigenvalue weighted by Gasteiger charge is -2.26. The number of rotatable bonds is 0. The van der Waals surface area contributed by atoms with Crippen LogP contribution in [0.4, 0.5) is 0 Å². The van der Waals surface area contributed by atoms with Crippen molar-refractivity contribution >= 4 is 0 Å². The molecule has 70 valence electrons. The second kappa shape index (κ2) is 2.69. The summed E-state index contributed by atoms with van der Waals surface area (Å²) in [5.74, 6) is -0.499. The lowest BCUT2D eigenvalue weighted by molar-refractivity contribution is -0.153. The predicted octanol–water partition coefficient (Wildman–Crippen LogP) is 1.05. The maximum atomic E-state index is 9.61. The third-order valence-electron chi connectivity index (χ3n) is 2.59. The molecule has 1 N–H and O–H groups in total. The van der Waals surface area contributed by atoms with Crippen molar-refractivity contribution in [3.05, 3.63) is 0 Å². The highest BCUT2D eigenvalue weighted by Gasteiger charge is 2.46. The zero-order valence-electron chi connectivity index (χ0n) is 7.62. The van der Waals surface area contributed by atoms with E-state index in [-0.39, 0.29) is 18.3 Å². The van der Waals surface area contributed by atoms with Crippen LogP contribution in [0.3, 0.4) is 0 Å². The van der Waals surface area contributed by atoms with Crippen LogP contribution in [0.15, 0.2) is 0 Å². The monoisotopic (exact) mass is 172 g/mol. The molecule has 3 atom stereocenters. The Morgan fingerprint density at radius 1 is 1.25 bits per heavy atom. The first-order chi connectivity index (χ1) is 5.58. The Balaban J connectivity index is 2.09. The van der Waals surface area contributed by atoms with Gasteiger partial charge in [-0.05, 0) is 33.1 Å². The van der Waals surface area contributed by atoms with Crippen molar-refractivity contribution in [1.82, 2.24) is 0 Å². The number of aliphatic hydroxyl groups is 1.